The monoisotopic (exact) mass is 614 g/mol. The lowest BCUT2D eigenvalue weighted by molar-refractivity contribution is -0.139. The first-order valence-electron chi connectivity index (χ1n) is 13.2. The van der Waals surface area contributed by atoms with E-state index in [1.807, 2.05) is 72.9 Å². The van der Waals surface area contributed by atoms with Gasteiger partial charge in [-0.3, -0.25) is 9.36 Å². The fourth-order valence-electron chi connectivity index (χ4n) is 4.96. The SMILES string of the molecule is CCOC(=O)C1=C(C)N=c2sc(=Cc3cn(-c4ccccc4)nc3-c3ccc(Cl)c(Cl)c3)c(=O)n2C1c1ccccc1. The fourth-order valence-corrected chi connectivity index (χ4v) is 6.29. The maximum absolute atomic E-state index is 14.1. The molecule has 10 heteroatoms. The van der Waals surface area contributed by atoms with Crippen LogP contribution >= 0.6 is 34.5 Å². The Morgan fingerprint density at radius 2 is 1.74 bits per heavy atom. The number of carbonyl (C=O) groups excluding carboxylic acids is 1. The summed E-state index contributed by atoms with van der Waals surface area (Å²) < 4.78 is 9.16. The normalized spacial score (nSPS) is 15.0. The Hall–Kier alpha value is -4.24. The Bertz CT molecular complexity index is 2030. The fraction of sp³-hybridized carbons (Fsp3) is 0.125. The van der Waals surface area contributed by atoms with Crippen molar-refractivity contribution in [2.75, 3.05) is 6.61 Å². The standard InChI is InChI=1S/C32H24Cl2N4O3S/c1-3-41-31(40)27-19(2)35-32-38(29(27)20-10-6-4-7-11-20)30(39)26(42-32)17-22-18-37(23-12-8-5-9-13-23)36-28(22)21-14-15-24(33)25(34)16-21/h4-18,29H,3H2,1-2H3. The van der Waals surface area contributed by atoms with Gasteiger partial charge in [0.2, 0.25) is 0 Å². The van der Waals surface area contributed by atoms with Crippen molar-refractivity contribution in [2.45, 2.75) is 19.9 Å². The Kier molecular flexibility index (Phi) is 7.68. The lowest BCUT2D eigenvalue weighted by atomic mass is 9.96. The second-order valence-electron chi connectivity index (χ2n) is 9.56. The molecule has 1 atom stereocenters. The number of rotatable bonds is 6. The Morgan fingerprint density at radius 3 is 2.43 bits per heavy atom. The van der Waals surface area contributed by atoms with E-state index in [2.05, 4.69) is 4.99 Å². The first kappa shape index (κ1) is 27.9. The number of halogens is 2. The quantitative estimate of drug-likeness (QED) is 0.221. The topological polar surface area (TPSA) is 78.5 Å². The minimum Gasteiger partial charge on any atom is -0.463 e. The van der Waals surface area contributed by atoms with E-state index < -0.39 is 12.0 Å². The number of hydrogen-bond donors (Lipinski definition) is 0. The van der Waals surface area contributed by atoms with Crippen molar-refractivity contribution in [1.82, 2.24) is 14.3 Å². The predicted molar refractivity (Wildman–Crippen MR) is 166 cm³/mol. The molecule has 0 bridgehead atoms. The van der Waals surface area contributed by atoms with Crippen molar-refractivity contribution in [3.63, 3.8) is 0 Å². The average Bonchev–Trinajstić information content (AvgIpc) is 3.55. The van der Waals surface area contributed by atoms with E-state index in [0.29, 0.717) is 41.9 Å². The van der Waals surface area contributed by atoms with E-state index in [9.17, 15) is 9.59 Å². The summed E-state index contributed by atoms with van der Waals surface area (Å²) in [5.41, 5.74) is 4.33. The number of thiazole rings is 1. The molecule has 0 saturated carbocycles. The highest BCUT2D eigenvalue weighted by Crippen LogP contribution is 2.32. The number of esters is 1. The number of para-hydroxylation sites is 1. The Morgan fingerprint density at radius 1 is 1.02 bits per heavy atom. The number of hydrogen-bond acceptors (Lipinski definition) is 6. The number of nitrogens with zero attached hydrogens (tertiary/aromatic N) is 4. The molecule has 3 aromatic carbocycles. The van der Waals surface area contributed by atoms with E-state index in [1.54, 1.807) is 41.3 Å². The molecule has 5 aromatic rings. The lowest BCUT2D eigenvalue weighted by Crippen LogP contribution is -2.39. The van der Waals surface area contributed by atoms with Gasteiger partial charge >= 0.3 is 5.97 Å². The number of ether oxygens (including phenoxy) is 1. The summed E-state index contributed by atoms with van der Waals surface area (Å²) in [7, 11) is 0. The highest BCUT2D eigenvalue weighted by Gasteiger charge is 2.33. The third-order valence-corrected chi connectivity index (χ3v) is 8.60. The van der Waals surface area contributed by atoms with Crippen LogP contribution in [0.3, 0.4) is 0 Å². The maximum Gasteiger partial charge on any atom is 0.338 e. The minimum atomic E-state index is -0.676. The van der Waals surface area contributed by atoms with Gasteiger partial charge in [0.25, 0.3) is 5.56 Å². The molecule has 0 spiro atoms. The molecule has 0 aliphatic carbocycles. The summed E-state index contributed by atoms with van der Waals surface area (Å²) in [5.74, 6) is -0.493. The van der Waals surface area contributed by atoms with Crippen LogP contribution in [0, 0.1) is 0 Å². The van der Waals surface area contributed by atoms with E-state index in [4.69, 9.17) is 33.0 Å². The van der Waals surface area contributed by atoms with Crippen LogP contribution < -0.4 is 14.9 Å². The molecule has 7 nitrogen and oxygen atoms in total. The molecule has 2 aromatic heterocycles. The molecule has 210 valence electrons. The summed E-state index contributed by atoms with van der Waals surface area (Å²) in [5, 5.41) is 5.68. The first-order chi connectivity index (χ1) is 20.4. The van der Waals surface area contributed by atoms with Gasteiger partial charge in [-0.25, -0.2) is 14.5 Å². The molecular weight excluding hydrogens is 591 g/mol. The van der Waals surface area contributed by atoms with Crippen LogP contribution in [0.25, 0.3) is 23.0 Å². The van der Waals surface area contributed by atoms with Crippen molar-refractivity contribution in [3.8, 4) is 16.9 Å². The van der Waals surface area contributed by atoms with Crippen molar-refractivity contribution in [1.29, 1.82) is 0 Å². The van der Waals surface area contributed by atoms with E-state index in [1.165, 1.54) is 11.3 Å². The van der Waals surface area contributed by atoms with Gasteiger partial charge < -0.3 is 4.74 Å². The Labute approximate surface area is 255 Å². The maximum atomic E-state index is 14.1. The van der Waals surface area contributed by atoms with Crippen LogP contribution in [-0.2, 0) is 9.53 Å². The molecule has 6 rings (SSSR count). The zero-order chi connectivity index (χ0) is 29.4. The highest BCUT2D eigenvalue weighted by atomic mass is 35.5. The van der Waals surface area contributed by atoms with Gasteiger partial charge in [-0.1, -0.05) is 89.1 Å². The first-order valence-corrected chi connectivity index (χ1v) is 14.8. The van der Waals surface area contributed by atoms with Crippen LogP contribution in [0.15, 0.2) is 106 Å². The number of aromatic nitrogens is 3. The second kappa shape index (κ2) is 11.6. The third kappa shape index (κ3) is 5.13. The van der Waals surface area contributed by atoms with Gasteiger partial charge in [-0.15, -0.1) is 0 Å². The zero-order valence-electron chi connectivity index (χ0n) is 22.6. The molecular formula is C32H24Cl2N4O3S. The third-order valence-electron chi connectivity index (χ3n) is 6.88. The predicted octanol–water partition coefficient (Wildman–Crippen LogP) is 5.96. The molecule has 0 radical (unpaired) electrons. The number of allylic oxidation sites excluding steroid dienone is 1. The van der Waals surface area contributed by atoms with E-state index >= 15 is 0 Å². The molecule has 0 saturated heterocycles. The molecule has 1 aliphatic heterocycles. The van der Waals surface area contributed by atoms with Gasteiger partial charge in [-0.05, 0) is 49.8 Å². The van der Waals surface area contributed by atoms with Crippen LogP contribution in [0.4, 0.5) is 0 Å². The van der Waals surface area contributed by atoms with Crippen molar-refractivity contribution >= 4 is 46.6 Å². The second-order valence-corrected chi connectivity index (χ2v) is 11.4. The summed E-state index contributed by atoms with van der Waals surface area (Å²) >= 11 is 13.8. The van der Waals surface area contributed by atoms with Crippen molar-refractivity contribution < 1.29 is 9.53 Å². The van der Waals surface area contributed by atoms with Crippen LogP contribution in [0.1, 0.15) is 31.0 Å². The molecule has 3 heterocycles. The molecule has 1 unspecified atom stereocenters. The molecule has 0 N–H and O–H groups in total. The van der Waals surface area contributed by atoms with Crippen LogP contribution in [0.2, 0.25) is 10.0 Å². The van der Waals surface area contributed by atoms with Gasteiger partial charge in [-0.2, -0.15) is 5.10 Å². The van der Waals surface area contributed by atoms with Gasteiger partial charge in [0, 0.05) is 17.3 Å². The average molecular weight is 616 g/mol. The smallest absolute Gasteiger partial charge is 0.338 e. The van der Waals surface area contributed by atoms with Crippen LogP contribution in [0.5, 0.6) is 0 Å². The van der Waals surface area contributed by atoms with Gasteiger partial charge in [0.05, 0.1) is 44.2 Å². The van der Waals surface area contributed by atoms with Gasteiger partial charge in [0.15, 0.2) is 4.80 Å². The molecule has 0 fully saturated rings. The number of carbonyl (C=O) groups is 1. The Balaban J connectivity index is 1.57. The number of benzene rings is 3. The van der Waals surface area contributed by atoms with E-state index in [0.717, 1.165) is 16.8 Å². The van der Waals surface area contributed by atoms with Gasteiger partial charge in [0.1, 0.15) is 5.69 Å². The van der Waals surface area contributed by atoms with Crippen LogP contribution in [-0.4, -0.2) is 26.9 Å². The number of fused-ring (bicyclic) bond motifs is 1. The summed E-state index contributed by atoms with van der Waals surface area (Å²) in [4.78, 5) is 32.4. The molecule has 42 heavy (non-hydrogen) atoms. The molecule has 1 aliphatic rings. The molecule has 0 amide bonds. The summed E-state index contributed by atoms with van der Waals surface area (Å²) in [6.45, 7) is 3.73. The van der Waals surface area contributed by atoms with E-state index in [-0.39, 0.29) is 12.2 Å². The zero-order valence-corrected chi connectivity index (χ0v) is 25.0. The lowest BCUT2D eigenvalue weighted by Gasteiger charge is -2.24. The minimum absolute atomic E-state index is 0.213. The highest BCUT2D eigenvalue weighted by molar-refractivity contribution is 7.07. The van der Waals surface area contributed by atoms with Crippen molar-refractivity contribution in [2.24, 2.45) is 4.99 Å². The summed E-state index contributed by atoms with van der Waals surface area (Å²) in [6, 6.07) is 23.8. The largest absolute Gasteiger partial charge is 0.463 e. The summed E-state index contributed by atoms with van der Waals surface area (Å²) in [6.07, 6.45) is 3.68. The van der Waals surface area contributed by atoms with Crippen molar-refractivity contribution in [3.05, 3.63) is 137 Å².